The molecule has 0 aliphatic rings. The molecule has 2 N–H and O–H groups in total. The topological polar surface area (TPSA) is 35.2 Å². The molecule has 100 valence electrons. The molecule has 2 aromatic carbocycles. The molecule has 19 heavy (non-hydrogen) atoms. The zero-order valence-corrected chi connectivity index (χ0v) is 13.5. The Kier molecular flexibility index (Phi) is 5.07. The molecular weight excluding hydrogens is 373 g/mol. The second kappa shape index (κ2) is 6.59. The zero-order valence-electron chi connectivity index (χ0n) is 10.6. The zero-order chi connectivity index (χ0) is 13.8. The van der Waals surface area contributed by atoms with E-state index in [2.05, 4.69) is 22.6 Å². The summed E-state index contributed by atoms with van der Waals surface area (Å²) in [7, 11) is 0. The number of hydrogen-bond acceptors (Lipinski definition) is 2. The van der Waals surface area contributed by atoms with E-state index in [-0.39, 0.29) is 6.04 Å². The normalized spacial score (nSPS) is 12.2. The molecular formula is C15H15ClINO. The SMILES string of the molecule is CC(N)Cc1c(Cl)cccc1Oc1ccc(I)cc1. The summed E-state index contributed by atoms with van der Waals surface area (Å²) in [4.78, 5) is 0. The maximum Gasteiger partial charge on any atom is 0.132 e. The van der Waals surface area contributed by atoms with Crippen LogP contribution in [0.1, 0.15) is 12.5 Å². The van der Waals surface area contributed by atoms with E-state index in [0.29, 0.717) is 11.4 Å². The molecule has 2 aromatic rings. The molecule has 0 aliphatic carbocycles. The number of halogens is 2. The van der Waals surface area contributed by atoms with Gasteiger partial charge in [-0.15, -0.1) is 0 Å². The average Bonchev–Trinajstić information content (AvgIpc) is 2.36. The van der Waals surface area contributed by atoms with Crippen molar-refractivity contribution in [3.8, 4) is 11.5 Å². The minimum absolute atomic E-state index is 0.0407. The second-order valence-electron chi connectivity index (χ2n) is 4.45. The van der Waals surface area contributed by atoms with Gasteiger partial charge in [0.05, 0.1) is 0 Å². The smallest absolute Gasteiger partial charge is 0.132 e. The summed E-state index contributed by atoms with van der Waals surface area (Å²) < 4.78 is 7.08. The van der Waals surface area contributed by atoms with Crippen LogP contribution in [0.15, 0.2) is 42.5 Å². The predicted octanol–water partition coefficient (Wildman–Crippen LogP) is 4.63. The van der Waals surface area contributed by atoms with Gasteiger partial charge in [-0.25, -0.2) is 0 Å². The van der Waals surface area contributed by atoms with Gasteiger partial charge in [0.1, 0.15) is 11.5 Å². The van der Waals surface area contributed by atoms with Crippen molar-refractivity contribution in [2.45, 2.75) is 19.4 Å². The van der Waals surface area contributed by atoms with Gasteiger partial charge in [-0.05, 0) is 72.3 Å². The molecule has 1 unspecified atom stereocenters. The van der Waals surface area contributed by atoms with Crippen molar-refractivity contribution in [3.63, 3.8) is 0 Å². The summed E-state index contributed by atoms with van der Waals surface area (Å²) in [5, 5.41) is 0.695. The third-order valence-electron chi connectivity index (χ3n) is 2.64. The third-order valence-corrected chi connectivity index (χ3v) is 3.72. The largest absolute Gasteiger partial charge is 0.457 e. The highest BCUT2D eigenvalue weighted by atomic mass is 127. The van der Waals surface area contributed by atoms with E-state index >= 15 is 0 Å². The molecule has 0 radical (unpaired) electrons. The summed E-state index contributed by atoms with van der Waals surface area (Å²) in [6.07, 6.45) is 0.694. The van der Waals surface area contributed by atoms with Crippen LogP contribution < -0.4 is 10.5 Å². The summed E-state index contributed by atoms with van der Waals surface area (Å²) in [6.45, 7) is 1.96. The maximum absolute atomic E-state index is 6.23. The van der Waals surface area contributed by atoms with Crippen molar-refractivity contribution < 1.29 is 4.74 Å². The predicted molar refractivity (Wildman–Crippen MR) is 88.0 cm³/mol. The van der Waals surface area contributed by atoms with Gasteiger partial charge < -0.3 is 10.5 Å². The standard InChI is InChI=1S/C15H15ClINO/c1-10(18)9-13-14(16)3-2-4-15(13)19-12-7-5-11(17)6-8-12/h2-8,10H,9,18H2,1H3. The fourth-order valence-electron chi connectivity index (χ4n) is 1.78. The van der Waals surface area contributed by atoms with Crippen molar-refractivity contribution >= 4 is 34.2 Å². The molecule has 2 rings (SSSR count). The Morgan fingerprint density at radius 1 is 1.21 bits per heavy atom. The van der Waals surface area contributed by atoms with Crippen LogP contribution in [0.2, 0.25) is 5.02 Å². The monoisotopic (exact) mass is 387 g/mol. The highest BCUT2D eigenvalue weighted by molar-refractivity contribution is 14.1. The first-order chi connectivity index (χ1) is 9.06. The van der Waals surface area contributed by atoms with Crippen LogP contribution in [0.3, 0.4) is 0 Å². The molecule has 0 bridgehead atoms. The Morgan fingerprint density at radius 2 is 1.89 bits per heavy atom. The van der Waals surface area contributed by atoms with Gasteiger partial charge in [-0.2, -0.15) is 0 Å². The van der Waals surface area contributed by atoms with Crippen LogP contribution in [-0.4, -0.2) is 6.04 Å². The fraction of sp³-hybridized carbons (Fsp3) is 0.200. The number of nitrogens with two attached hydrogens (primary N) is 1. The van der Waals surface area contributed by atoms with E-state index in [9.17, 15) is 0 Å². The van der Waals surface area contributed by atoms with E-state index in [4.69, 9.17) is 22.1 Å². The minimum atomic E-state index is 0.0407. The van der Waals surface area contributed by atoms with Crippen molar-refractivity contribution in [1.82, 2.24) is 0 Å². The lowest BCUT2D eigenvalue weighted by molar-refractivity contribution is 0.474. The number of ether oxygens (including phenoxy) is 1. The van der Waals surface area contributed by atoms with Crippen LogP contribution in [0.4, 0.5) is 0 Å². The van der Waals surface area contributed by atoms with Gasteiger partial charge in [0.25, 0.3) is 0 Å². The van der Waals surface area contributed by atoms with Crippen LogP contribution in [-0.2, 0) is 6.42 Å². The van der Waals surface area contributed by atoms with Crippen LogP contribution in [0.25, 0.3) is 0 Å². The van der Waals surface area contributed by atoms with E-state index < -0.39 is 0 Å². The first-order valence-corrected chi connectivity index (χ1v) is 7.48. The molecule has 1 atom stereocenters. The van der Waals surface area contributed by atoms with Crippen molar-refractivity contribution in [2.75, 3.05) is 0 Å². The first kappa shape index (κ1) is 14.6. The molecule has 0 heterocycles. The average molecular weight is 388 g/mol. The molecule has 0 aliphatic heterocycles. The van der Waals surface area contributed by atoms with E-state index in [1.165, 1.54) is 3.57 Å². The molecule has 0 aromatic heterocycles. The Bertz CT molecular complexity index is 555. The molecule has 4 heteroatoms. The van der Waals surface area contributed by atoms with E-state index in [0.717, 1.165) is 17.1 Å². The van der Waals surface area contributed by atoms with Gasteiger partial charge in [-0.3, -0.25) is 0 Å². The second-order valence-corrected chi connectivity index (χ2v) is 6.11. The van der Waals surface area contributed by atoms with Gasteiger partial charge in [0, 0.05) is 20.2 Å². The molecule has 0 saturated carbocycles. The van der Waals surface area contributed by atoms with Crippen LogP contribution in [0.5, 0.6) is 11.5 Å². The van der Waals surface area contributed by atoms with E-state index in [1.54, 1.807) is 0 Å². The number of rotatable bonds is 4. The molecule has 0 fully saturated rings. The Balaban J connectivity index is 2.29. The summed E-state index contributed by atoms with van der Waals surface area (Å²) in [5.41, 5.74) is 6.82. The van der Waals surface area contributed by atoms with Gasteiger partial charge in [-0.1, -0.05) is 17.7 Å². The highest BCUT2D eigenvalue weighted by Crippen LogP contribution is 2.31. The summed E-state index contributed by atoms with van der Waals surface area (Å²) >= 11 is 8.49. The third kappa shape index (κ3) is 4.09. The van der Waals surface area contributed by atoms with Gasteiger partial charge >= 0.3 is 0 Å². The molecule has 0 amide bonds. The van der Waals surface area contributed by atoms with Crippen molar-refractivity contribution in [2.24, 2.45) is 5.73 Å². The lowest BCUT2D eigenvalue weighted by atomic mass is 10.1. The molecule has 0 saturated heterocycles. The van der Waals surface area contributed by atoms with E-state index in [1.807, 2.05) is 49.4 Å². The Labute approximate surface area is 132 Å². The fourth-order valence-corrected chi connectivity index (χ4v) is 2.39. The Hall–Kier alpha value is -0.780. The summed E-state index contributed by atoms with van der Waals surface area (Å²) in [5.74, 6) is 1.57. The van der Waals surface area contributed by atoms with Crippen molar-refractivity contribution in [1.29, 1.82) is 0 Å². The molecule has 2 nitrogen and oxygen atoms in total. The first-order valence-electron chi connectivity index (χ1n) is 6.02. The molecule has 0 spiro atoms. The number of benzene rings is 2. The lowest BCUT2D eigenvalue weighted by Gasteiger charge is -2.14. The minimum Gasteiger partial charge on any atom is -0.457 e. The van der Waals surface area contributed by atoms with Gasteiger partial charge in [0.15, 0.2) is 0 Å². The van der Waals surface area contributed by atoms with Gasteiger partial charge in [0.2, 0.25) is 0 Å². The van der Waals surface area contributed by atoms with Crippen LogP contribution >= 0.6 is 34.2 Å². The lowest BCUT2D eigenvalue weighted by Crippen LogP contribution is -2.18. The summed E-state index contributed by atoms with van der Waals surface area (Å²) in [6, 6.07) is 13.6. The number of hydrogen-bond donors (Lipinski definition) is 1. The van der Waals surface area contributed by atoms with Crippen molar-refractivity contribution in [3.05, 3.63) is 56.6 Å². The highest BCUT2D eigenvalue weighted by Gasteiger charge is 2.11. The quantitative estimate of drug-likeness (QED) is 0.777. The maximum atomic E-state index is 6.23. The van der Waals surface area contributed by atoms with Crippen LogP contribution in [0, 0.1) is 3.57 Å². The Morgan fingerprint density at radius 3 is 2.53 bits per heavy atom.